The summed E-state index contributed by atoms with van der Waals surface area (Å²) in [5.41, 5.74) is 1.00. The second-order valence-corrected chi connectivity index (χ2v) is 6.02. The molecular weight excluding hydrogens is 292 g/mol. The molecule has 0 saturated carbocycles. The number of pyridine rings is 1. The van der Waals surface area contributed by atoms with Crippen LogP contribution in [0.4, 0.5) is 5.69 Å². The van der Waals surface area contributed by atoms with Gasteiger partial charge in [0.1, 0.15) is 11.9 Å². The van der Waals surface area contributed by atoms with Crippen LogP contribution in [0.1, 0.15) is 26.3 Å². The first-order chi connectivity index (χ1) is 9.77. The van der Waals surface area contributed by atoms with Crippen LogP contribution < -0.4 is 4.74 Å². The zero-order valence-corrected chi connectivity index (χ0v) is 12.7. The Morgan fingerprint density at radius 3 is 2.43 bits per heavy atom. The molecule has 0 unspecified atom stereocenters. The lowest BCUT2D eigenvalue weighted by atomic mass is 9.87. The standard InChI is InChI=1S/C15H15ClN2O3/c1-15(2,3)10-4-6-13(12(16)8-10)21-14-7-5-11(9-17-14)18(19)20/h4-9H,1-3H3. The highest BCUT2D eigenvalue weighted by atomic mass is 35.5. The summed E-state index contributed by atoms with van der Waals surface area (Å²) in [6.07, 6.45) is 1.15. The molecule has 110 valence electrons. The molecule has 0 aliphatic heterocycles. The number of rotatable bonds is 3. The maximum absolute atomic E-state index is 10.6. The van der Waals surface area contributed by atoms with Crippen molar-refractivity contribution in [3.05, 3.63) is 57.2 Å². The van der Waals surface area contributed by atoms with Gasteiger partial charge < -0.3 is 4.74 Å². The van der Waals surface area contributed by atoms with Crippen molar-refractivity contribution < 1.29 is 9.66 Å². The van der Waals surface area contributed by atoms with Crippen LogP contribution in [0.15, 0.2) is 36.5 Å². The van der Waals surface area contributed by atoms with Crippen molar-refractivity contribution in [3.8, 4) is 11.6 Å². The van der Waals surface area contributed by atoms with Crippen LogP contribution in [0.25, 0.3) is 0 Å². The lowest BCUT2D eigenvalue weighted by Gasteiger charge is -2.19. The Balaban J connectivity index is 2.22. The third kappa shape index (κ3) is 3.70. The van der Waals surface area contributed by atoms with E-state index in [-0.39, 0.29) is 17.0 Å². The van der Waals surface area contributed by atoms with Gasteiger partial charge in [-0.2, -0.15) is 0 Å². The minimum Gasteiger partial charge on any atom is -0.437 e. The van der Waals surface area contributed by atoms with E-state index in [0.717, 1.165) is 11.8 Å². The zero-order chi connectivity index (χ0) is 15.6. The van der Waals surface area contributed by atoms with Crippen LogP contribution in [0.5, 0.6) is 11.6 Å². The van der Waals surface area contributed by atoms with Crippen molar-refractivity contribution >= 4 is 17.3 Å². The van der Waals surface area contributed by atoms with Crippen molar-refractivity contribution in [1.29, 1.82) is 0 Å². The number of nitrogens with zero attached hydrogens (tertiary/aromatic N) is 2. The lowest BCUT2D eigenvalue weighted by Crippen LogP contribution is -2.10. The number of benzene rings is 1. The third-order valence-corrected chi connectivity index (χ3v) is 3.24. The SMILES string of the molecule is CC(C)(C)c1ccc(Oc2ccc([N+](=O)[O-])cn2)c(Cl)c1. The highest BCUT2D eigenvalue weighted by molar-refractivity contribution is 6.32. The fraction of sp³-hybridized carbons (Fsp3) is 0.267. The Morgan fingerprint density at radius 2 is 1.95 bits per heavy atom. The molecule has 2 aromatic rings. The molecule has 0 N–H and O–H groups in total. The smallest absolute Gasteiger partial charge is 0.287 e. The van der Waals surface area contributed by atoms with Gasteiger partial charge in [-0.25, -0.2) is 4.98 Å². The summed E-state index contributed by atoms with van der Waals surface area (Å²) in [5, 5.41) is 11.0. The summed E-state index contributed by atoms with van der Waals surface area (Å²) in [6, 6.07) is 8.33. The second-order valence-electron chi connectivity index (χ2n) is 5.61. The van der Waals surface area contributed by atoms with Crippen LogP contribution in [0, 0.1) is 10.1 Å². The van der Waals surface area contributed by atoms with Gasteiger partial charge in [0.05, 0.1) is 9.95 Å². The summed E-state index contributed by atoms with van der Waals surface area (Å²) in [5.74, 6) is 0.719. The van der Waals surface area contributed by atoms with Gasteiger partial charge >= 0.3 is 0 Å². The average molecular weight is 307 g/mol. The van der Waals surface area contributed by atoms with E-state index in [1.165, 1.54) is 12.1 Å². The first-order valence-electron chi connectivity index (χ1n) is 6.36. The van der Waals surface area contributed by atoms with Crippen molar-refractivity contribution in [2.75, 3.05) is 0 Å². The fourth-order valence-electron chi connectivity index (χ4n) is 1.70. The van der Waals surface area contributed by atoms with Crippen LogP contribution in [-0.2, 0) is 5.41 Å². The van der Waals surface area contributed by atoms with Gasteiger partial charge in [0, 0.05) is 12.1 Å². The van der Waals surface area contributed by atoms with Crippen LogP contribution in [0.3, 0.4) is 0 Å². The molecule has 0 spiro atoms. The number of ether oxygens (including phenoxy) is 1. The maximum Gasteiger partial charge on any atom is 0.287 e. The highest BCUT2D eigenvalue weighted by Crippen LogP contribution is 2.33. The van der Waals surface area contributed by atoms with E-state index in [1.54, 1.807) is 6.07 Å². The maximum atomic E-state index is 10.6. The summed E-state index contributed by atoms with van der Waals surface area (Å²) < 4.78 is 5.55. The monoisotopic (exact) mass is 306 g/mol. The quantitative estimate of drug-likeness (QED) is 0.607. The molecule has 0 amide bonds. The number of hydrogen-bond donors (Lipinski definition) is 0. The molecule has 1 heterocycles. The van der Waals surface area contributed by atoms with Gasteiger partial charge in [-0.3, -0.25) is 10.1 Å². The Labute approximate surface area is 127 Å². The molecular formula is C15H15ClN2O3. The molecule has 6 heteroatoms. The average Bonchev–Trinajstić information content (AvgIpc) is 2.40. The minimum atomic E-state index is -0.512. The predicted octanol–water partition coefficient (Wildman–Crippen LogP) is 4.73. The van der Waals surface area contributed by atoms with Gasteiger partial charge in [0.15, 0.2) is 0 Å². The zero-order valence-electron chi connectivity index (χ0n) is 12.0. The Morgan fingerprint density at radius 1 is 1.24 bits per heavy atom. The fourth-order valence-corrected chi connectivity index (χ4v) is 1.92. The Bertz CT molecular complexity index is 664. The molecule has 0 radical (unpaired) electrons. The third-order valence-electron chi connectivity index (χ3n) is 2.94. The topological polar surface area (TPSA) is 65.3 Å². The molecule has 0 saturated heterocycles. The second kappa shape index (κ2) is 5.69. The molecule has 5 nitrogen and oxygen atoms in total. The summed E-state index contributed by atoms with van der Waals surface area (Å²) in [4.78, 5) is 13.9. The van der Waals surface area contributed by atoms with Gasteiger partial charge in [-0.1, -0.05) is 38.4 Å². The molecule has 2 rings (SSSR count). The molecule has 0 bridgehead atoms. The lowest BCUT2D eigenvalue weighted by molar-refractivity contribution is -0.385. The van der Waals surface area contributed by atoms with Crippen LogP contribution in [0.2, 0.25) is 5.02 Å². The number of nitro groups is 1. The van der Waals surface area contributed by atoms with Crippen LogP contribution in [-0.4, -0.2) is 9.91 Å². The van der Waals surface area contributed by atoms with E-state index >= 15 is 0 Å². The van der Waals surface area contributed by atoms with E-state index in [2.05, 4.69) is 25.8 Å². The molecule has 0 atom stereocenters. The Hall–Kier alpha value is -2.14. The van der Waals surface area contributed by atoms with Gasteiger partial charge in [0.2, 0.25) is 5.88 Å². The molecule has 21 heavy (non-hydrogen) atoms. The number of aromatic nitrogens is 1. The molecule has 0 fully saturated rings. The first-order valence-corrected chi connectivity index (χ1v) is 6.73. The largest absolute Gasteiger partial charge is 0.437 e. The van der Waals surface area contributed by atoms with Crippen molar-refractivity contribution in [1.82, 2.24) is 4.98 Å². The first kappa shape index (κ1) is 15.3. The molecule has 1 aromatic carbocycles. The van der Waals surface area contributed by atoms with E-state index in [1.807, 2.05) is 12.1 Å². The van der Waals surface area contributed by atoms with Crippen LogP contribution >= 0.6 is 11.6 Å². The van der Waals surface area contributed by atoms with E-state index < -0.39 is 4.92 Å². The van der Waals surface area contributed by atoms with E-state index in [4.69, 9.17) is 16.3 Å². The summed E-state index contributed by atoms with van der Waals surface area (Å²) in [7, 11) is 0. The van der Waals surface area contributed by atoms with E-state index in [9.17, 15) is 10.1 Å². The summed E-state index contributed by atoms with van der Waals surface area (Å²) >= 11 is 6.21. The summed E-state index contributed by atoms with van der Waals surface area (Å²) in [6.45, 7) is 6.28. The Kier molecular flexibility index (Phi) is 4.14. The van der Waals surface area contributed by atoms with E-state index in [0.29, 0.717) is 10.8 Å². The van der Waals surface area contributed by atoms with Crippen molar-refractivity contribution in [2.45, 2.75) is 26.2 Å². The van der Waals surface area contributed by atoms with Gasteiger partial charge in [0.25, 0.3) is 5.69 Å². The number of halogens is 1. The minimum absolute atomic E-state index is 0.00617. The van der Waals surface area contributed by atoms with Crippen molar-refractivity contribution in [3.63, 3.8) is 0 Å². The molecule has 1 aromatic heterocycles. The normalized spacial score (nSPS) is 11.2. The highest BCUT2D eigenvalue weighted by Gasteiger charge is 2.16. The predicted molar refractivity (Wildman–Crippen MR) is 81.1 cm³/mol. The number of hydrogen-bond acceptors (Lipinski definition) is 4. The van der Waals surface area contributed by atoms with Crippen molar-refractivity contribution in [2.24, 2.45) is 0 Å². The van der Waals surface area contributed by atoms with Gasteiger partial charge in [-0.15, -0.1) is 0 Å². The molecule has 0 aliphatic rings. The van der Waals surface area contributed by atoms with Gasteiger partial charge in [-0.05, 0) is 23.1 Å². The molecule has 0 aliphatic carbocycles.